The van der Waals surface area contributed by atoms with Crippen molar-refractivity contribution in [2.45, 2.75) is 53.5 Å². The van der Waals surface area contributed by atoms with Gasteiger partial charge in [-0.25, -0.2) is 9.97 Å². The molecule has 0 aromatic carbocycles. The maximum absolute atomic E-state index is 11.8. The topological polar surface area (TPSA) is 78.9 Å². The van der Waals surface area contributed by atoms with Gasteiger partial charge in [0.15, 0.2) is 0 Å². The molecule has 1 unspecified atom stereocenters. The zero-order valence-electron chi connectivity index (χ0n) is 13.7. The van der Waals surface area contributed by atoms with E-state index in [-0.39, 0.29) is 11.9 Å². The number of aryl methyl sites for hydroxylation is 1. The predicted molar refractivity (Wildman–Crippen MR) is 86.7 cm³/mol. The molecule has 118 valence electrons. The average molecular weight is 293 g/mol. The third-order valence-electron chi connectivity index (χ3n) is 3.15. The summed E-state index contributed by atoms with van der Waals surface area (Å²) in [6.45, 7) is 11.3. The highest BCUT2D eigenvalue weighted by Crippen LogP contribution is 2.21. The second-order valence-corrected chi connectivity index (χ2v) is 5.00. The summed E-state index contributed by atoms with van der Waals surface area (Å²) in [4.78, 5) is 20.9. The summed E-state index contributed by atoms with van der Waals surface area (Å²) in [6.07, 6.45) is 1.79. The van der Waals surface area contributed by atoms with E-state index >= 15 is 0 Å². The molecule has 0 spiro atoms. The van der Waals surface area contributed by atoms with Gasteiger partial charge in [0.2, 0.25) is 5.91 Å². The highest BCUT2D eigenvalue weighted by Gasteiger charge is 2.16. The molecule has 0 radical (unpaired) electrons. The largest absolute Gasteiger partial charge is 0.370 e. The van der Waals surface area contributed by atoms with Gasteiger partial charge < -0.3 is 16.0 Å². The van der Waals surface area contributed by atoms with Crippen LogP contribution in [0.4, 0.5) is 11.6 Å². The number of hydrogen-bond donors (Lipinski definition) is 3. The molecule has 0 saturated heterocycles. The Kier molecular flexibility index (Phi) is 6.91. The Morgan fingerprint density at radius 1 is 1.19 bits per heavy atom. The number of hydrogen-bond acceptors (Lipinski definition) is 5. The van der Waals surface area contributed by atoms with E-state index < -0.39 is 0 Å². The van der Waals surface area contributed by atoms with Crippen molar-refractivity contribution >= 4 is 17.5 Å². The van der Waals surface area contributed by atoms with Crippen LogP contribution in [0.3, 0.4) is 0 Å². The number of nitrogens with zero attached hydrogens (tertiary/aromatic N) is 2. The molecule has 3 N–H and O–H groups in total. The summed E-state index contributed by atoms with van der Waals surface area (Å²) in [6, 6.07) is -0.331. The van der Waals surface area contributed by atoms with Crippen LogP contribution in [0, 0.1) is 6.92 Å². The molecule has 0 fully saturated rings. The highest BCUT2D eigenvalue weighted by molar-refractivity contribution is 5.84. The molecule has 1 rings (SSSR count). The van der Waals surface area contributed by atoms with Gasteiger partial charge in [0.25, 0.3) is 0 Å². The van der Waals surface area contributed by atoms with Gasteiger partial charge >= 0.3 is 0 Å². The van der Waals surface area contributed by atoms with Gasteiger partial charge in [0.1, 0.15) is 23.5 Å². The Bertz CT molecular complexity index is 475. The van der Waals surface area contributed by atoms with Crippen LogP contribution in [0.25, 0.3) is 0 Å². The molecule has 1 aromatic rings. The van der Waals surface area contributed by atoms with Crippen molar-refractivity contribution < 1.29 is 4.79 Å². The van der Waals surface area contributed by atoms with E-state index in [0.717, 1.165) is 42.4 Å². The third kappa shape index (κ3) is 4.88. The summed E-state index contributed by atoms with van der Waals surface area (Å²) in [5.41, 5.74) is 0.941. The first-order valence-electron chi connectivity index (χ1n) is 7.69. The van der Waals surface area contributed by atoms with Crippen LogP contribution < -0.4 is 16.0 Å². The lowest BCUT2D eigenvalue weighted by Gasteiger charge is -2.18. The second kappa shape index (κ2) is 8.44. The van der Waals surface area contributed by atoms with Crippen molar-refractivity contribution in [3.63, 3.8) is 0 Å². The fourth-order valence-corrected chi connectivity index (χ4v) is 1.88. The molecule has 0 bridgehead atoms. The van der Waals surface area contributed by atoms with E-state index in [2.05, 4.69) is 32.8 Å². The van der Waals surface area contributed by atoms with Crippen molar-refractivity contribution in [2.75, 3.05) is 23.7 Å². The number of amides is 1. The summed E-state index contributed by atoms with van der Waals surface area (Å²) in [7, 11) is 0. The summed E-state index contributed by atoms with van der Waals surface area (Å²) >= 11 is 0. The Morgan fingerprint density at radius 2 is 1.86 bits per heavy atom. The molecule has 0 aliphatic carbocycles. The van der Waals surface area contributed by atoms with Gasteiger partial charge in [-0.05, 0) is 27.2 Å². The molecular formula is C15H27N5O. The molecule has 6 heteroatoms. The van der Waals surface area contributed by atoms with Crippen LogP contribution in [0.15, 0.2) is 0 Å². The molecule has 1 amide bonds. The van der Waals surface area contributed by atoms with Crippen LogP contribution in [0.5, 0.6) is 0 Å². The maximum Gasteiger partial charge on any atom is 0.242 e. The lowest BCUT2D eigenvalue weighted by Crippen LogP contribution is -2.37. The predicted octanol–water partition coefficient (Wildman–Crippen LogP) is 2.11. The monoisotopic (exact) mass is 293 g/mol. The van der Waals surface area contributed by atoms with Gasteiger partial charge in [0.05, 0.1) is 0 Å². The number of rotatable bonds is 8. The van der Waals surface area contributed by atoms with Crippen molar-refractivity contribution in [3.8, 4) is 0 Å². The number of carbonyl (C=O) groups excluding carboxylic acids is 1. The number of likely N-dealkylation sites (N-methyl/N-ethyl adjacent to an activating group) is 1. The molecule has 0 aliphatic heterocycles. The van der Waals surface area contributed by atoms with Gasteiger partial charge in [-0.3, -0.25) is 4.79 Å². The van der Waals surface area contributed by atoms with Crippen LogP contribution in [-0.2, 0) is 11.2 Å². The first kappa shape index (κ1) is 17.2. The first-order chi connectivity index (χ1) is 10.0. The summed E-state index contributed by atoms with van der Waals surface area (Å²) in [5, 5.41) is 9.30. The van der Waals surface area contributed by atoms with Gasteiger partial charge in [-0.1, -0.05) is 13.8 Å². The standard InChI is InChI=1S/C15H27N5O/c1-6-9-17-13-10(4)14(20-12(7-2)19-13)18-11(5)15(21)16-8-3/h11H,6-9H2,1-5H3,(H,16,21)(H2,17,18,19,20). The molecule has 0 saturated carbocycles. The number of nitrogens with one attached hydrogen (secondary N) is 3. The van der Waals surface area contributed by atoms with Gasteiger partial charge in [-0.15, -0.1) is 0 Å². The van der Waals surface area contributed by atoms with E-state index in [1.165, 1.54) is 0 Å². The summed E-state index contributed by atoms with van der Waals surface area (Å²) in [5.74, 6) is 2.30. The minimum atomic E-state index is -0.331. The molecule has 0 aliphatic rings. The van der Waals surface area contributed by atoms with Gasteiger partial charge in [-0.2, -0.15) is 0 Å². The fraction of sp³-hybridized carbons (Fsp3) is 0.667. The van der Waals surface area contributed by atoms with E-state index in [1.807, 2.05) is 27.7 Å². The zero-order valence-corrected chi connectivity index (χ0v) is 13.7. The molecular weight excluding hydrogens is 266 g/mol. The van der Waals surface area contributed by atoms with E-state index in [0.29, 0.717) is 6.54 Å². The Hall–Kier alpha value is -1.85. The third-order valence-corrected chi connectivity index (χ3v) is 3.15. The highest BCUT2D eigenvalue weighted by atomic mass is 16.2. The van der Waals surface area contributed by atoms with E-state index in [4.69, 9.17) is 0 Å². The molecule has 6 nitrogen and oxygen atoms in total. The Balaban J connectivity index is 2.96. The lowest BCUT2D eigenvalue weighted by molar-refractivity contribution is -0.121. The second-order valence-electron chi connectivity index (χ2n) is 5.00. The normalized spacial score (nSPS) is 11.9. The Labute approximate surface area is 127 Å². The summed E-state index contributed by atoms with van der Waals surface area (Å²) < 4.78 is 0. The van der Waals surface area contributed by atoms with Crippen molar-refractivity contribution in [2.24, 2.45) is 0 Å². The fourth-order valence-electron chi connectivity index (χ4n) is 1.88. The smallest absolute Gasteiger partial charge is 0.242 e. The molecule has 1 heterocycles. The minimum absolute atomic E-state index is 0.0309. The average Bonchev–Trinajstić information content (AvgIpc) is 2.48. The molecule has 21 heavy (non-hydrogen) atoms. The van der Waals surface area contributed by atoms with Crippen LogP contribution in [-0.4, -0.2) is 35.0 Å². The Morgan fingerprint density at radius 3 is 2.43 bits per heavy atom. The van der Waals surface area contributed by atoms with Crippen molar-refractivity contribution in [1.29, 1.82) is 0 Å². The number of carbonyl (C=O) groups is 1. The first-order valence-corrected chi connectivity index (χ1v) is 7.69. The van der Waals surface area contributed by atoms with Crippen LogP contribution in [0.2, 0.25) is 0 Å². The van der Waals surface area contributed by atoms with Crippen LogP contribution in [0.1, 0.15) is 45.5 Å². The number of aromatic nitrogens is 2. The van der Waals surface area contributed by atoms with Crippen molar-refractivity contribution in [3.05, 3.63) is 11.4 Å². The number of anilines is 2. The van der Waals surface area contributed by atoms with Gasteiger partial charge in [0, 0.05) is 25.1 Å². The molecule has 1 aromatic heterocycles. The van der Waals surface area contributed by atoms with E-state index in [1.54, 1.807) is 0 Å². The molecule has 1 atom stereocenters. The zero-order chi connectivity index (χ0) is 15.8. The van der Waals surface area contributed by atoms with E-state index in [9.17, 15) is 4.79 Å². The van der Waals surface area contributed by atoms with Crippen LogP contribution >= 0.6 is 0 Å². The van der Waals surface area contributed by atoms with Crippen molar-refractivity contribution in [1.82, 2.24) is 15.3 Å². The minimum Gasteiger partial charge on any atom is -0.370 e. The SMILES string of the molecule is CCCNc1nc(CC)nc(NC(C)C(=O)NCC)c1C. The lowest BCUT2D eigenvalue weighted by atomic mass is 10.2. The maximum atomic E-state index is 11.8. The quantitative estimate of drug-likeness (QED) is 0.684.